The highest BCUT2D eigenvalue weighted by molar-refractivity contribution is 4.91. The second-order valence-electron chi connectivity index (χ2n) is 7.77. The lowest BCUT2D eigenvalue weighted by atomic mass is 9.74. The molecule has 0 aromatic carbocycles. The largest absolute Gasteiger partial charge is 0.330 e. The molecule has 3 atom stereocenters. The first-order valence-electron chi connectivity index (χ1n) is 8.50. The van der Waals surface area contributed by atoms with E-state index >= 15 is 0 Å². The molecule has 0 aromatic heterocycles. The number of piperidine rings is 1. The maximum atomic E-state index is 6.06. The molecule has 1 saturated heterocycles. The Bertz CT molecular complexity index is 274. The predicted octanol–water partition coefficient (Wildman–Crippen LogP) is 3.65. The van der Waals surface area contributed by atoms with E-state index in [2.05, 4.69) is 25.7 Å². The zero-order valence-corrected chi connectivity index (χ0v) is 13.3. The van der Waals surface area contributed by atoms with Crippen LogP contribution >= 0.6 is 0 Å². The highest BCUT2D eigenvalue weighted by atomic mass is 15.2. The molecule has 1 heterocycles. The highest BCUT2D eigenvalue weighted by Gasteiger charge is 2.37. The summed E-state index contributed by atoms with van der Waals surface area (Å²) in [4.78, 5) is 2.79. The summed E-state index contributed by atoms with van der Waals surface area (Å²) < 4.78 is 0. The van der Waals surface area contributed by atoms with Gasteiger partial charge in [0.1, 0.15) is 0 Å². The minimum absolute atomic E-state index is 0.509. The summed E-state index contributed by atoms with van der Waals surface area (Å²) in [5, 5.41) is 0. The normalized spacial score (nSPS) is 36.3. The lowest BCUT2D eigenvalue weighted by molar-refractivity contribution is 0.0209. The van der Waals surface area contributed by atoms with E-state index in [-0.39, 0.29) is 0 Å². The van der Waals surface area contributed by atoms with Crippen molar-refractivity contribution in [3.63, 3.8) is 0 Å². The summed E-state index contributed by atoms with van der Waals surface area (Å²) in [5.41, 5.74) is 6.57. The number of nitrogens with zero attached hydrogens (tertiary/aromatic N) is 1. The van der Waals surface area contributed by atoms with Crippen LogP contribution in [0.15, 0.2) is 0 Å². The SMILES string of the molecule is CCCC1CCC(CN)C(N2CCCC(C)(C)C2)C1. The van der Waals surface area contributed by atoms with Gasteiger partial charge in [0, 0.05) is 12.6 Å². The van der Waals surface area contributed by atoms with Gasteiger partial charge in [0.25, 0.3) is 0 Å². The van der Waals surface area contributed by atoms with E-state index < -0.39 is 0 Å². The van der Waals surface area contributed by atoms with Gasteiger partial charge in [-0.05, 0) is 56.0 Å². The molecule has 0 bridgehead atoms. The van der Waals surface area contributed by atoms with Gasteiger partial charge < -0.3 is 5.73 Å². The van der Waals surface area contributed by atoms with E-state index in [1.54, 1.807) is 0 Å². The van der Waals surface area contributed by atoms with Crippen LogP contribution in [-0.2, 0) is 0 Å². The van der Waals surface area contributed by atoms with Crippen LogP contribution in [0.25, 0.3) is 0 Å². The van der Waals surface area contributed by atoms with Crippen molar-refractivity contribution < 1.29 is 0 Å². The summed E-state index contributed by atoms with van der Waals surface area (Å²) in [6.45, 7) is 10.7. The van der Waals surface area contributed by atoms with Gasteiger partial charge in [0.15, 0.2) is 0 Å². The first-order valence-corrected chi connectivity index (χ1v) is 8.50. The summed E-state index contributed by atoms with van der Waals surface area (Å²) in [6.07, 6.45) is 9.72. The number of nitrogens with two attached hydrogens (primary N) is 1. The van der Waals surface area contributed by atoms with E-state index in [0.717, 1.165) is 24.4 Å². The molecular formula is C17H34N2. The van der Waals surface area contributed by atoms with E-state index in [9.17, 15) is 0 Å². The van der Waals surface area contributed by atoms with Crippen LogP contribution in [0, 0.1) is 17.3 Å². The molecule has 1 saturated carbocycles. The Morgan fingerprint density at radius 3 is 2.68 bits per heavy atom. The number of rotatable bonds is 4. The Labute approximate surface area is 120 Å². The first-order chi connectivity index (χ1) is 9.05. The maximum Gasteiger partial charge on any atom is 0.0138 e. The lowest BCUT2D eigenvalue weighted by Gasteiger charge is -2.48. The highest BCUT2D eigenvalue weighted by Crippen LogP contribution is 2.38. The van der Waals surface area contributed by atoms with Crippen molar-refractivity contribution >= 4 is 0 Å². The molecule has 3 unspecified atom stereocenters. The molecule has 112 valence electrons. The fourth-order valence-electron chi connectivity index (χ4n) is 4.44. The monoisotopic (exact) mass is 266 g/mol. The molecule has 0 spiro atoms. The number of hydrogen-bond donors (Lipinski definition) is 1. The van der Waals surface area contributed by atoms with Crippen molar-refractivity contribution in [2.75, 3.05) is 19.6 Å². The zero-order valence-electron chi connectivity index (χ0n) is 13.3. The molecule has 0 amide bonds. The minimum atomic E-state index is 0.509. The van der Waals surface area contributed by atoms with Crippen molar-refractivity contribution in [2.45, 2.75) is 71.8 Å². The molecule has 1 aliphatic heterocycles. The van der Waals surface area contributed by atoms with Crippen LogP contribution in [0.2, 0.25) is 0 Å². The number of hydrogen-bond acceptors (Lipinski definition) is 2. The van der Waals surface area contributed by atoms with Crippen LogP contribution in [0.1, 0.15) is 65.7 Å². The summed E-state index contributed by atoms with van der Waals surface area (Å²) in [7, 11) is 0. The van der Waals surface area contributed by atoms with Crippen LogP contribution in [0.4, 0.5) is 0 Å². The fourth-order valence-corrected chi connectivity index (χ4v) is 4.44. The quantitative estimate of drug-likeness (QED) is 0.841. The van der Waals surface area contributed by atoms with E-state index in [1.807, 2.05) is 0 Å². The molecule has 2 heteroatoms. The first kappa shape index (κ1) is 15.3. The van der Waals surface area contributed by atoms with Crippen molar-refractivity contribution in [2.24, 2.45) is 23.0 Å². The molecule has 2 fully saturated rings. The van der Waals surface area contributed by atoms with Gasteiger partial charge in [-0.15, -0.1) is 0 Å². The second-order valence-corrected chi connectivity index (χ2v) is 7.77. The zero-order chi connectivity index (χ0) is 13.9. The van der Waals surface area contributed by atoms with E-state index in [0.29, 0.717) is 5.41 Å². The third-order valence-electron chi connectivity index (χ3n) is 5.46. The molecule has 2 rings (SSSR count). The summed E-state index contributed by atoms with van der Waals surface area (Å²) >= 11 is 0. The predicted molar refractivity (Wildman–Crippen MR) is 83.2 cm³/mol. The van der Waals surface area contributed by atoms with Gasteiger partial charge in [-0.2, -0.15) is 0 Å². The molecule has 0 radical (unpaired) electrons. The Balaban J connectivity index is 2.00. The second kappa shape index (κ2) is 6.58. The van der Waals surface area contributed by atoms with Gasteiger partial charge in [0.05, 0.1) is 0 Å². The third-order valence-corrected chi connectivity index (χ3v) is 5.46. The maximum absolute atomic E-state index is 6.06. The molecule has 2 nitrogen and oxygen atoms in total. The average molecular weight is 266 g/mol. The van der Waals surface area contributed by atoms with Gasteiger partial charge in [-0.3, -0.25) is 4.90 Å². The molecular weight excluding hydrogens is 232 g/mol. The molecule has 19 heavy (non-hydrogen) atoms. The van der Waals surface area contributed by atoms with Crippen molar-refractivity contribution in [1.29, 1.82) is 0 Å². The lowest BCUT2D eigenvalue weighted by Crippen LogP contribution is -2.52. The minimum Gasteiger partial charge on any atom is -0.330 e. The molecule has 1 aliphatic carbocycles. The van der Waals surface area contributed by atoms with Gasteiger partial charge in [0.2, 0.25) is 0 Å². The third kappa shape index (κ3) is 3.95. The Morgan fingerprint density at radius 1 is 1.26 bits per heavy atom. The Kier molecular flexibility index (Phi) is 5.30. The summed E-state index contributed by atoms with van der Waals surface area (Å²) in [6, 6.07) is 0.773. The van der Waals surface area contributed by atoms with Crippen LogP contribution in [0.3, 0.4) is 0 Å². The molecule has 0 aromatic rings. The molecule has 2 N–H and O–H groups in total. The van der Waals surface area contributed by atoms with Crippen LogP contribution < -0.4 is 5.73 Å². The van der Waals surface area contributed by atoms with Gasteiger partial charge in [-0.25, -0.2) is 0 Å². The van der Waals surface area contributed by atoms with E-state index in [4.69, 9.17) is 5.73 Å². The standard InChI is InChI=1S/C17H34N2/c1-4-6-14-7-8-15(12-18)16(11-14)19-10-5-9-17(2,3)13-19/h14-16H,4-13,18H2,1-3H3. The Hall–Kier alpha value is -0.0800. The van der Waals surface area contributed by atoms with Gasteiger partial charge in [-0.1, -0.05) is 40.0 Å². The Morgan fingerprint density at radius 2 is 2.05 bits per heavy atom. The van der Waals surface area contributed by atoms with Crippen molar-refractivity contribution in [3.05, 3.63) is 0 Å². The van der Waals surface area contributed by atoms with Gasteiger partial charge >= 0.3 is 0 Å². The smallest absolute Gasteiger partial charge is 0.0138 e. The van der Waals surface area contributed by atoms with Crippen LogP contribution in [0.5, 0.6) is 0 Å². The molecule has 2 aliphatic rings. The fraction of sp³-hybridized carbons (Fsp3) is 1.00. The van der Waals surface area contributed by atoms with E-state index in [1.165, 1.54) is 58.0 Å². The van der Waals surface area contributed by atoms with Crippen molar-refractivity contribution in [1.82, 2.24) is 4.90 Å². The van der Waals surface area contributed by atoms with Crippen molar-refractivity contribution in [3.8, 4) is 0 Å². The summed E-state index contributed by atoms with van der Waals surface area (Å²) in [5.74, 6) is 1.71. The average Bonchev–Trinajstić information content (AvgIpc) is 2.38. The van der Waals surface area contributed by atoms with Crippen LogP contribution in [-0.4, -0.2) is 30.6 Å². The number of likely N-dealkylation sites (tertiary alicyclic amines) is 1. The topological polar surface area (TPSA) is 29.3 Å².